The van der Waals surface area contributed by atoms with Crippen molar-refractivity contribution in [3.63, 3.8) is 0 Å². The summed E-state index contributed by atoms with van der Waals surface area (Å²) in [5.74, 6) is -4.03. The zero-order valence-electron chi connectivity index (χ0n) is 23.5. The van der Waals surface area contributed by atoms with E-state index in [2.05, 4.69) is 26.2 Å². The summed E-state index contributed by atoms with van der Waals surface area (Å²) < 4.78 is 1.44. The second-order valence-electron chi connectivity index (χ2n) is 9.92. The van der Waals surface area contributed by atoms with Crippen molar-refractivity contribution in [2.24, 2.45) is 7.05 Å². The molecule has 0 unspecified atom stereocenters. The largest absolute Gasteiger partial charge is 0.477 e. The Kier molecular flexibility index (Phi) is 8.77. The molecule has 1 aromatic heterocycles. The zero-order valence-corrected chi connectivity index (χ0v) is 25.1. The number of piperazine rings is 1. The molecule has 0 bridgehead atoms. The molecule has 5 N–H and O–H groups in total. The van der Waals surface area contributed by atoms with Crippen LogP contribution in [0.5, 0.6) is 0 Å². The molecule has 6 amide bonds. The molecule has 0 spiro atoms. The number of thioether (sulfide) groups is 2. The van der Waals surface area contributed by atoms with Gasteiger partial charge in [0.15, 0.2) is 0 Å². The number of benzene rings is 1. The predicted molar refractivity (Wildman–Crippen MR) is 155 cm³/mol. The molecule has 0 saturated carbocycles. The summed E-state index contributed by atoms with van der Waals surface area (Å²) in [5, 5.41) is 26.0. The van der Waals surface area contributed by atoms with Crippen LogP contribution in [0.4, 0.5) is 10.5 Å². The second-order valence-corrected chi connectivity index (χ2v) is 12.0. The highest BCUT2D eigenvalue weighted by molar-refractivity contribution is 8.01. The highest BCUT2D eigenvalue weighted by Gasteiger charge is 2.54. The summed E-state index contributed by atoms with van der Waals surface area (Å²) in [5.41, 5.74) is 6.83. The van der Waals surface area contributed by atoms with Crippen molar-refractivity contribution >= 4 is 64.8 Å². The average molecular weight is 645 g/mol. The van der Waals surface area contributed by atoms with E-state index in [1.54, 1.807) is 14.0 Å². The summed E-state index contributed by atoms with van der Waals surface area (Å²) in [6, 6.07) is 2.65. The number of nitrogens with zero attached hydrogens (tertiary/aromatic N) is 7. The van der Waals surface area contributed by atoms with E-state index in [9.17, 15) is 33.9 Å². The Morgan fingerprint density at radius 1 is 1.16 bits per heavy atom. The molecule has 2 fully saturated rings. The van der Waals surface area contributed by atoms with Gasteiger partial charge >= 0.3 is 23.8 Å². The number of hydrogen-bond donors (Lipinski definition) is 4. The number of nitrogens with one attached hydrogen (secondary N) is 2. The standard InChI is InChI=1S/C25H28N10O7S2/c1-3-33-8-9-34(21(39)20(33)38)24(42)28-15(12-4-6-14(26)7-5-12)18(36)27-16-19(37)35-17(23(40)41)13(10-43-22(16)35)11-44-25-29-30-31-32(25)2/h4-7,15-16,22H,3,8-11,26H2,1-2H3,(H,27,36)(H,28,42)(H,40,41)/t15-,16+,22-/m0/s1. The number of anilines is 1. The number of carbonyl (C=O) groups excluding carboxylic acids is 5. The van der Waals surface area contributed by atoms with Crippen molar-refractivity contribution < 1.29 is 33.9 Å². The van der Waals surface area contributed by atoms with Crippen molar-refractivity contribution in [2.75, 3.05) is 36.9 Å². The van der Waals surface area contributed by atoms with Gasteiger partial charge in [0.25, 0.3) is 5.91 Å². The van der Waals surface area contributed by atoms with Crippen molar-refractivity contribution in [3.8, 4) is 0 Å². The lowest BCUT2D eigenvalue weighted by molar-refractivity contribution is -0.153. The van der Waals surface area contributed by atoms with Crippen LogP contribution >= 0.6 is 23.5 Å². The number of carboxylic acid groups (broad SMARTS) is 1. The normalized spacial score (nSPS) is 20.7. The average Bonchev–Trinajstić information content (AvgIpc) is 3.42. The fraction of sp³-hybridized carbons (Fsp3) is 0.400. The highest BCUT2D eigenvalue weighted by atomic mass is 32.2. The molecule has 232 valence electrons. The van der Waals surface area contributed by atoms with E-state index in [1.807, 2.05) is 0 Å². The van der Waals surface area contributed by atoms with Gasteiger partial charge in [-0.3, -0.25) is 29.0 Å². The summed E-state index contributed by atoms with van der Waals surface area (Å²) in [6.45, 7) is 2.10. The number of nitrogens with two attached hydrogens (primary N) is 1. The first-order chi connectivity index (χ1) is 21.0. The molecule has 3 aliphatic rings. The van der Waals surface area contributed by atoms with Gasteiger partial charge in [0, 0.05) is 43.9 Å². The summed E-state index contributed by atoms with van der Waals surface area (Å²) in [7, 11) is 1.65. The van der Waals surface area contributed by atoms with Crippen LogP contribution in [0.1, 0.15) is 18.5 Å². The van der Waals surface area contributed by atoms with Crippen LogP contribution in [-0.2, 0) is 31.0 Å². The van der Waals surface area contributed by atoms with Gasteiger partial charge in [0.05, 0.1) is 0 Å². The lowest BCUT2D eigenvalue weighted by Gasteiger charge is -2.49. The van der Waals surface area contributed by atoms with Crippen molar-refractivity contribution in [1.29, 1.82) is 0 Å². The number of rotatable bonds is 9. The maximum absolute atomic E-state index is 13.6. The second kappa shape index (κ2) is 12.5. The van der Waals surface area contributed by atoms with Gasteiger partial charge in [0.2, 0.25) is 11.1 Å². The molecule has 2 aromatic rings. The van der Waals surface area contributed by atoms with E-state index < -0.39 is 53.1 Å². The smallest absolute Gasteiger partial charge is 0.352 e. The Hall–Kier alpha value is -4.65. The van der Waals surface area contributed by atoms with Gasteiger partial charge in [-0.15, -0.1) is 16.9 Å². The number of likely N-dealkylation sites (N-methyl/N-ethyl adjacent to an activating group) is 1. The first kappa shape index (κ1) is 30.8. The van der Waals surface area contributed by atoms with Crippen LogP contribution in [0.2, 0.25) is 0 Å². The van der Waals surface area contributed by atoms with Gasteiger partial charge in [-0.1, -0.05) is 23.9 Å². The molecular weight excluding hydrogens is 616 g/mol. The summed E-state index contributed by atoms with van der Waals surface area (Å²) in [6.07, 6.45) is 0. The zero-order chi connectivity index (χ0) is 31.7. The van der Waals surface area contributed by atoms with E-state index in [-0.39, 0.29) is 30.3 Å². The van der Waals surface area contributed by atoms with E-state index in [1.165, 1.54) is 57.4 Å². The molecule has 0 radical (unpaired) electrons. The molecule has 3 atom stereocenters. The van der Waals surface area contributed by atoms with Gasteiger partial charge in [-0.2, -0.15) is 0 Å². The lowest BCUT2D eigenvalue weighted by Crippen LogP contribution is -2.71. The molecular formula is C25H28N10O7S2. The number of tetrazole rings is 1. The number of aromatic nitrogens is 4. The van der Waals surface area contributed by atoms with Crippen molar-refractivity contribution in [1.82, 2.24) is 45.5 Å². The van der Waals surface area contributed by atoms with E-state index in [0.717, 1.165) is 9.80 Å². The maximum atomic E-state index is 13.6. The van der Waals surface area contributed by atoms with Crippen LogP contribution in [-0.4, -0.2) is 118 Å². The molecule has 0 aliphatic carbocycles. The van der Waals surface area contributed by atoms with Crippen LogP contribution in [0, 0.1) is 0 Å². The van der Waals surface area contributed by atoms with Crippen LogP contribution in [0.3, 0.4) is 0 Å². The number of carbonyl (C=O) groups is 6. The Morgan fingerprint density at radius 2 is 1.89 bits per heavy atom. The van der Waals surface area contributed by atoms with E-state index in [4.69, 9.17) is 5.73 Å². The first-order valence-corrected chi connectivity index (χ1v) is 15.4. The molecule has 1 aromatic carbocycles. The van der Waals surface area contributed by atoms with Crippen molar-refractivity contribution in [3.05, 3.63) is 41.1 Å². The minimum Gasteiger partial charge on any atom is -0.477 e. The van der Waals surface area contributed by atoms with Gasteiger partial charge < -0.3 is 26.4 Å². The van der Waals surface area contributed by atoms with Crippen LogP contribution in [0.25, 0.3) is 0 Å². The number of nitrogen functional groups attached to an aromatic ring is 1. The number of imide groups is 1. The minimum absolute atomic E-state index is 0.0623. The number of hydrogen-bond acceptors (Lipinski definition) is 12. The molecule has 4 heterocycles. The topological polar surface area (TPSA) is 226 Å². The SMILES string of the molecule is CCN1CCN(C(=O)N[C@H](C(=O)N[C@@H]2C(=O)N3C(C(=O)O)=C(CSc4nnnn4C)CS[C@@H]23)c2ccc(N)cc2)C(=O)C1=O. The molecule has 44 heavy (non-hydrogen) atoms. The van der Waals surface area contributed by atoms with Crippen molar-refractivity contribution in [2.45, 2.75) is 29.5 Å². The van der Waals surface area contributed by atoms with Crippen LogP contribution in [0.15, 0.2) is 40.7 Å². The Labute approximate surface area is 258 Å². The Bertz CT molecular complexity index is 1560. The summed E-state index contributed by atoms with van der Waals surface area (Å²) in [4.78, 5) is 80.3. The first-order valence-electron chi connectivity index (χ1n) is 13.3. The monoisotopic (exact) mass is 644 g/mol. The van der Waals surface area contributed by atoms with Crippen LogP contribution < -0.4 is 16.4 Å². The molecule has 3 aliphatic heterocycles. The molecule has 19 heteroatoms. The number of carboxylic acids is 1. The number of aryl methyl sites for hydroxylation is 1. The van der Waals surface area contributed by atoms with Gasteiger partial charge in [-0.05, 0) is 40.6 Å². The fourth-order valence-electron chi connectivity index (χ4n) is 4.89. The Morgan fingerprint density at radius 3 is 2.52 bits per heavy atom. The molecule has 5 rings (SSSR count). The third-order valence-electron chi connectivity index (χ3n) is 7.24. The Balaban J connectivity index is 1.31. The molecule has 2 saturated heterocycles. The summed E-state index contributed by atoms with van der Waals surface area (Å²) >= 11 is 2.51. The number of fused-ring (bicyclic) bond motifs is 1. The van der Waals surface area contributed by atoms with Gasteiger partial charge in [-0.25, -0.2) is 14.3 Å². The fourth-order valence-corrected chi connectivity index (χ4v) is 7.22. The number of amides is 6. The maximum Gasteiger partial charge on any atom is 0.352 e. The lowest BCUT2D eigenvalue weighted by atomic mass is 10.0. The minimum atomic E-state index is -1.37. The third-order valence-corrected chi connectivity index (χ3v) is 9.68. The third kappa shape index (κ3) is 5.79. The molecule has 17 nitrogen and oxygen atoms in total. The predicted octanol–water partition coefficient (Wildman–Crippen LogP) is -1.24. The number of aliphatic carboxylic acids is 1. The number of urea groups is 1. The number of β-lactam (4-membered cyclic amide) rings is 1. The quantitative estimate of drug-likeness (QED) is 0.109. The highest BCUT2D eigenvalue weighted by Crippen LogP contribution is 2.41. The van der Waals surface area contributed by atoms with Gasteiger partial charge in [0.1, 0.15) is 23.2 Å². The van der Waals surface area contributed by atoms with E-state index in [0.29, 0.717) is 28.5 Å². The van der Waals surface area contributed by atoms with E-state index >= 15 is 0 Å².